The Hall–Kier alpha value is -2.69. The second kappa shape index (κ2) is 6.65. The molecule has 2 aromatic carbocycles. The van der Waals surface area contributed by atoms with Gasteiger partial charge in [-0.3, -0.25) is 4.79 Å². The molecule has 0 spiro atoms. The second-order valence-electron chi connectivity index (χ2n) is 4.46. The van der Waals surface area contributed by atoms with Gasteiger partial charge in [-0.2, -0.15) is 0 Å². The third-order valence-electron chi connectivity index (χ3n) is 2.98. The van der Waals surface area contributed by atoms with Crippen LogP contribution in [-0.2, 0) is 11.2 Å². The number of rotatable bonds is 5. The number of ether oxygens (including phenoxy) is 2. The van der Waals surface area contributed by atoms with Gasteiger partial charge in [-0.25, -0.2) is 0 Å². The number of benzene rings is 2. The van der Waals surface area contributed by atoms with Crippen LogP contribution in [0.15, 0.2) is 42.5 Å². The molecule has 0 aliphatic heterocycles. The van der Waals surface area contributed by atoms with Crippen LogP contribution in [0.3, 0.4) is 0 Å². The van der Waals surface area contributed by atoms with Crippen molar-refractivity contribution < 1.29 is 19.4 Å². The van der Waals surface area contributed by atoms with E-state index in [1.807, 2.05) is 0 Å². The number of methoxy groups -OCH3 is 2. The quantitative estimate of drug-likeness (QED) is 0.887. The molecule has 21 heavy (non-hydrogen) atoms. The average molecular weight is 287 g/mol. The van der Waals surface area contributed by atoms with E-state index in [0.717, 1.165) is 5.56 Å². The summed E-state index contributed by atoms with van der Waals surface area (Å²) in [6.45, 7) is 0. The predicted octanol–water partition coefficient (Wildman–Crippen LogP) is 2.59. The van der Waals surface area contributed by atoms with Crippen molar-refractivity contribution in [1.82, 2.24) is 0 Å². The van der Waals surface area contributed by atoms with Gasteiger partial charge in [0.2, 0.25) is 5.91 Å². The van der Waals surface area contributed by atoms with Crippen molar-refractivity contribution in [3.63, 3.8) is 0 Å². The zero-order valence-corrected chi connectivity index (χ0v) is 11.9. The molecule has 0 saturated heterocycles. The molecule has 2 aromatic rings. The monoisotopic (exact) mass is 287 g/mol. The molecular weight excluding hydrogens is 270 g/mol. The highest BCUT2D eigenvalue weighted by molar-refractivity contribution is 5.94. The third-order valence-corrected chi connectivity index (χ3v) is 2.98. The highest BCUT2D eigenvalue weighted by Crippen LogP contribution is 2.29. The Morgan fingerprint density at radius 1 is 1.10 bits per heavy atom. The largest absolute Gasteiger partial charge is 0.508 e. The van der Waals surface area contributed by atoms with Crippen molar-refractivity contribution in [3.05, 3.63) is 48.0 Å². The SMILES string of the molecule is COc1ccc(OC)c(NC(=O)Cc2ccc(O)cc2)c1. The topological polar surface area (TPSA) is 67.8 Å². The van der Waals surface area contributed by atoms with Gasteiger partial charge in [0.25, 0.3) is 0 Å². The fourth-order valence-electron chi connectivity index (χ4n) is 1.91. The summed E-state index contributed by atoms with van der Waals surface area (Å²) in [6.07, 6.45) is 0.209. The van der Waals surface area contributed by atoms with Crippen molar-refractivity contribution in [2.24, 2.45) is 0 Å². The number of carbonyl (C=O) groups excluding carboxylic acids is 1. The van der Waals surface area contributed by atoms with Crippen molar-refractivity contribution >= 4 is 11.6 Å². The molecule has 2 rings (SSSR count). The van der Waals surface area contributed by atoms with E-state index < -0.39 is 0 Å². The van der Waals surface area contributed by atoms with Crippen molar-refractivity contribution in [2.45, 2.75) is 6.42 Å². The molecule has 2 N–H and O–H groups in total. The Morgan fingerprint density at radius 2 is 1.81 bits per heavy atom. The minimum absolute atomic E-state index is 0.174. The van der Waals surface area contributed by atoms with Crippen LogP contribution in [-0.4, -0.2) is 25.2 Å². The molecule has 0 heterocycles. The summed E-state index contributed by atoms with van der Waals surface area (Å²) in [5.74, 6) is 1.20. The van der Waals surface area contributed by atoms with Gasteiger partial charge < -0.3 is 19.9 Å². The van der Waals surface area contributed by atoms with Crippen LogP contribution in [0, 0.1) is 0 Å². The van der Waals surface area contributed by atoms with E-state index in [9.17, 15) is 9.90 Å². The summed E-state index contributed by atoms with van der Waals surface area (Å²) in [5.41, 5.74) is 1.37. The lowest BCUT2D eigenvalue weighted by molar-refractivity contribution is -0.115. The van der Waals surface area contributed by atoms with E-state index in [1.54, 1.807) is 49.6 Å². The predicted molar refractivity (Wildman–Crippen MR) is 80.0 cm³/mol. The molecular formula is C16H17NO4. The Bertz CT molecular complexity index is 623. The van der Waals surface area contributed by atoms with Gasteiger partial charge in [0.15, 0.2) is 0 Å². The highest BCUT2D eigenvalue weighted by Gasteiger charge is 2.09. The zero-order chi connectivity index (χ0) is 15.2. The summed E-state index contributed by atoms with van der Waals surface area (Å²) >= 11 is 0. The molecule has 0 bridgehead atoms. The first kappa shape index (κ1) is 14.7. The molecule has 0 aliphatic carbocycles. The first-order valence-corrected chi connectivity index (χ1v) is 6.42. The standard InChI is InChI=1S/C16H17NO4/c1-20-13-7-8-15(21-2)14(10-13)17-16(19)9-11-3-5-12(18)6-4-11/h3-8,10,18H,9H2,1-2H3,(H,17,19). The molecule has 0 aliphatic rings. The maximum absolute atomic E-state index is 12.1. The van der Waals surface area contributed by atoms with E-state index >= 15 is 0 Å². The van der Waals surface area contributed by atoms with Crippen LogP contribution < -0.4 is 14.8 Å². The molecule has 0 unspecified atom stereocenters. The molecule has 110 valence electrons. The molecule has 0 radical (unpaired) electrons. The highest BCUT2D eigenvalue weighted by atomic mass is 16.5. The van der Waals surface area contributed by atoms with Crippen LogP contribution >= 0.6 is 0 Å². The number of carbonyl (C=O) groups is 1. The lowest BCUT2D eigenvalue weighted by Crippen LogP contribution is -2.15. The van der Waals surface area contributed by atoms with Crippen molar-refractivity contribution in [1.29, 1.82) is 0 Å². The summed E-state index contributed by atoms with van der Waals surface area (Å²) in [4.78, 5) is 12.1. The minimum atomic E-state index is -0.174. The van der Waals surface area contributed by atoms with Gasteiger partial charge in [-0.15, -0.1) is 0 Å². The molecule has 5 heteroatoms. The number of phenolic OH excluding ortho intramolecular Hbond substituents is 1. The van der Waals surface area contributed by atoms with Crippen LogP contribution in [0.25, 0.3) is 0 Å². The van der Waals surface area contributed by atoms with Gasteiger partial charge in [-0.05, 0) is 29.8 Å². The summed E-state index contributed by atoms with van der Waals surface area (Å²) in [5, 5.41) is 12.0. The smallest absolute Gasteiger partial charge is 0.228 e. The number of nitrogens with one attached hydrogen (secondary N) is 1. The van der Waals surface area contributed by atoms with Gasteiger partial charge in [0, 0.05) is 6.07 Å². The number of anilines is 1. The van der Waals surface area contributed by atoms with Crippen molar-refractivity contribution in [2.75, 3.05) is 19.5 Å². The van der Waals surface area contributed by atoms with E-state index in [4.69, 9.17) is 9.47 Å². The maximum Gasteiger partial charge on any atom is 0.228 e. The Labute approximate surface area is 123 Å². The van der Waals surface area contributed by atoms with Gasteiger partial charge >= 0.3 is 0 Å². The van der Waals surface area contributed by atoms with Gasteiger partial charge in [-0.1, -0.05) is 12.1 Å². The van der Waals surface area contributed by atoms with E-state index in [-0.39, 0.29) is 18.1 Å². The van der Waals surface area contributed by atoms with Gasteiger partial charge in [0.1, 0.15) is 17.2 Å². The lowest BCUT2D eigenvalue weighted by Gasteiger charge is -2.11. The third kappa shape index (κ3) is 3.89. The first-order chi connectivity index (χ1) is 10.1. The van der Waals surface area contributed by atoms with Crippen LogP contribution in [0.5, 0.6) is 17.2 Å². The maximum atomic E-state index is 12.1. The minimum Gasteiger partial charge on any atom is -0.508 e. The molecule has 0 aromatic heterocycles. The fourth-order valence-corrected chi connectivity index (χ4v) is 1.91. The molecule has 5 nitrogen and oxygen atoms in total. The van der Waals surface area contributed by atoms with E-state index in [2.05, 4.69) is 5.32 Å². The van der Waals surface area contributed by atoms with Crippen LogP contribution in [0.4, 0.5) is 5.69 Å². The molecule has 0 atom stereocenters. The Morgan fingerprint density at radius 3 is 2.43 bits per heavy atom. The summed E-state index contributed by atoms with van der Waals surface area (Å²) < 4.78 is 10.3. The Kier molecular flexibility index (Phi) is 4.66. The molecule has 0 fully saturated rings. The number of hydrogen-bond acceptors (Lipinski definition) is 4. The average Bonchev–Trinajstić information content (AvgIpc) is 2.49. The van der Waals surface area contributed by atoms with Crippen LogP contribution in [0.2, 0.25) is 0 Å². The number of hydrogen-bond donors (Lipinski definition) is 2. The van der Waals surface area contributed by atoms with Crippen molar-refractivity contribution in [3.8, 4) is 17.2 Å². The lowest BCUT2D eigenvalue weighted by atomic mass is 10.1. The molecule has 0 saturated carbocycles. The fraction of sp³-hybridized carbons (Fsp3) is 0.188. The summed E-state index contributed by atoms with van der Waals surface area (Å²) in [6, 6.07) is 11.7. The number of amides is 1. The van der Waals surface area contributed by atoms with Crippen LogP contribution in [0.1, 0.15) is 5.56 Å². The Balaban J connectivity index is 2.09. The van der Waals surface area contributed by atoms with E-state index in [1.165, 1.54) is 7.11 Å². The zero-order valence-electron chi connectivity index (χ0n) is 11.9. The number of phenols is 1. The second-order valence-corrected chi connectivity index (χ2v) is 4.46. The first-order valence-electron chi connectivity index (χ1n) is 6.42. The van der Waals surface area contributed by atoms with E-state index in [0.29, 0.717) is 17.2 Å². The van der Waals surface area contributed by atoms with Gasteiger partial charge in [0.05, 0.1) is 26.3 Å². The molecule has 1 amide bonds. The normalized spacial score (nSPS) is 10.0. The summed E-state index contributed by atoms with van der Waals surface area (Å²) in [7, 11) is 3.10. The number of aromatic hydroxyl groups is 1.